The average molecular weight is 401 g/mol. The van der Waals surface area contributed by atoms with Crippen LogP contribution in [0.4, 0.5) is 4.39 Å². The maximum absolute atomic E-state index is 13.3. The fourth-order valence-corrected chi connectivity index (χ4v) is 3.57. The minimum Gasteiger partial charge on any atom is -0.366 e. The monoisotopic (exact) mass is 400 g/mol. The molecule has 0 N–H and O–H groups in total. The second-order valence-corrected chi connectivity index (χ2v) is 7.51. The third-order valence-electron chi connectivity index (χ3n) is 5.35. The molecule has 1 aliphatic rings. The van der Waals surface area contributed by atoms with Gasteiger partial charge < -0.3 is 4.90 Å². The third kappa shape index (κ3) is 5.24. The first-order valence-corrected chi connectivity index (χ1v) is 10.3. The quantitative estimate of drug-likeness (QED) is 0.393. The molecule has 0 spiro atoms. The molecule has 154 valence electrons. The summed E-state index contributed by atoms with van der Waals surface area (Å²) >= 11 is 0. The lowest BCUT2D eigenvalue weighted by molar-refractivity contribution is 0.328. The summed E-state index contributed by atoms with van der Waals surface area (Å²) in [6.45, 7) is 12.2. The van der Waals surface area contributed by atoms with Gasteiger partial charge in [0.15, 0.2) is 0 Å². The van der Waals surface area contributed by atoms with Gasteiger partial charge in [0.2, 0.25) is 0 Å². The fraction of sp³-hybridized carbons (Fsp3) is 0.222. The zero-order valence-electron chi connectivity index (χ0n) is 18.0. The summed E-state index contributed by atoms with van der Waals surface area (Å²) < 4.78 is 13.3. The summed E-state index contributed by atoms with van der Waals surface area (Å²) in [6.07, 6.45) is 9.05. The Morgan fingerprint density at radius 1 is 1.03 bits per heavy atom. The Balaban J connectivity index is 1.95. The van der Waals surface area contributed by atoms with Crippen LogP contribution < -0.4 is 0 Å². The summed E-state index contributed by atoms with van der Waals surface area (Å²) in [5.74, 6) is -0.246. The normalized spacial score (nSPS) is 15.5. The topological polar surface area (TPSA) is 15.6 Å². The molecule has 2 aromatic rings. The molecule has 0 saturated carbocycles. The molecule has 3 rings (SSSR count). The molecule has 2 nitrogen and oxygen atoms in total. The highest BCUT2D eigenvalue weighted by Crippen LogP contribution is 2.27. The van der Waals surface area contributed by atoms with Crippen molar-refractivity contribution < 1.29 is 4.39 Å². The molecule has 0 atom stereocenters. The lowest BCUT2D eigenvalue weighted by Crippen LogP contribution is -2.30. The van der Waals surface area contributed by atoms with Crippen LogP contribution >= 0.6 is 0 Å². The van der Waals surface area contributed by atoms with Crippen molar-refractivity contribution in [1.82, 2.24) is 4.90 Å². The highest BCUT2D eigenvalue weighted by molar-refractivity contribution is 5.99. The van der Waals surface area contributed by atoms with Crippen LogP contribution in [0.3, 0.4) is 0 Å². The van der Waals surface area contributed by atoms with E-state index in [1.165, 1.54) is 23.3 Å². The highest BCUT2D eigenvalue weighted by Gasteiger charge is 2.20. The molecule has 0 aliphatic carbocycles. The van der Waals surface area contributed by atoms with Gasteiger partial charge in [-0.1, -0.05) is 67.3 Å². The lowest BCUT2D eigenvalue weighted by Gasteiger charge is -2.32. The van der Waals surface area contributed by atoms with Gasteiger partial charge in [0.25, 0.3) is 0 Å². The van der Waals surface area contributed by atoms with Crippen molar-refractivity contribution in [2.45, 2.75) is 33.7 Å². The largest absolute Gasteiger partial charge is 0.366 e. The molecule has 30 heavy (non-hydrogen) atoms. The van der Waals surface area contributed by atoms with Crippen molar-refractivity contribution >= 4 is 5.71 Å². The predicted octanol–water partition coefficient (Wildman–Crippen LogP) is 6.61. The molecule has 1 aliphatic heterocycles. The molecule has 0 aromatic heterocycles. The maximum Gasteiger partial charge on any atom is 0.123 e. The van der Waals surface area contributed by atoms with Crippen molar-refractivity contribution in [3.8, 4) is 0 Å². The van der Waals surface area contributed by atoms with Gasteiger partial charge in [-0.3, -0.25) is 4.99 Å². The Kier molecular flexibility index (Phi) is 7.18. The van der Waals surface area contributed by atoms with Crippen LogP contribution in [0.2, 0.25) is 0 Å². The molecule has 2 aromatic carbocycles. The minimum atomic E-state index is -0.246. The molecule has 1 heterocycles. The van der Waals surface area contributed by atoms with E-state index in [0.717, 1.165) is 47.8 Å². The number of rotatable bonds is 6. The molecule has 0 bridgehead atoms. The second-order valence-electron chi connectivity index (χ2n) is 7.51. The number of hydrogen-bond acceptors (Lipinski definition) is 2. The Bertz CT molecular complexity index is 1020. The zero-order chi connectivity index (χ0) is 21.5. The van der Waals surface area contributed by atoms with Gasteiger partial charge in [0.05, 0.1) is 11.4 Å². The van der Waals surface area contributed by atoms with Crippen LogP contribution in [-0.2, 0) is 13.0 Å². The van der Waals surface area contributed by atoms with Crippen molar-refractivity contribution in [3.63, 3.8) is 0 Å². The zero-order valence-corrected chi connectivity index (χ0v) is 18.0. The van der Waals surface area contributed by atoms with Gasteiger partial charge in [0, 0.05) is 18.8 Å². The molecule has 0 fully saturated rings. The average Bonchev–Trinajstić information content (AvgIpc) is 2.77. The van der Waals surface area contributed by atoms with E-state index in [-0.39, 0.29) is 5.82 Å². The minimum absolute atomic E-state index is 0.246. The summed E-state index contributed by atoms with van der Waals surface area (Å²) in [4.78, 5) is 7.24. The number of nitrogens with zero attached hydrogens (tertiary/aromatic N) is 2. The molecular formula is C27H29FN2. The number of allylic oxidation sites excluding steroid dienone is 5. The Morgan fingerprint density at radius 2 is 1.73 bits per heavy atom. The van der Waals surface area contributed by atoms with Crippen molar-refractivity contribution in [3.05, 3.63) is 119 Å². The van der Waals surface area contributed by atoms with Crippen LogP contribution in [0, 0.1) is 5.82 Å². The summed E-state index contributed by atoms with van der Waals surface area (Å²) in [7, 11) is 0. The number of halogens is 1. The smallest absolute Gasteiger partial charge is 0.123 e. The molecule has 3 heteroatoms. The first-order chi connectivity index (χ1) is 14.5. The van der Waals surface area contributed by atoms with Gasteiger partial charge in [-0.2, -0.15) is 0 Å². The summed E-state index contributed by atoms with van der Waals surface area (Å²) in [6, 6.07) is 15.0. The van der Waals surface area contributed by atoms with Crippen molar-refractivity contribution in [2.24, 2.45) is 4.99 Å². The predicted molar refractivity (Wildman–Crippen MR) is 125 cm³/mol. The summed E-state index contributed by atoms with van der Waals surface area (Å²) in [5.41, 5.74) is 7.29. The van der Waals surface area contributed by atoms with Crippen molar-refractivity contribution in [1.29, 1.82) is 0 Å². The van der Waals surface area contributed by atoms with Gasteiger partial charge in [0.1, 0.15) is 5.82 Å². The van der Waals surface area contributed by atoms with Crippen LogP contribution in [0.15, 0.2) is 101 Å². The summed E-state index contributed by atoms with van der Waals surface area (Å²) in [5, 5.41) is 0. The van der Waals surface area contributed by atoms with E-state index in [9.17, 15) is 4.39 Å². The van der Waals surface area contributed by atoms with E-state index in [1.54, 1.807) is 12.1 Å². The Morgan fingerprint density at radius 3 is 2.43 bits per heavy atom. The van der Waals surface area contributed by atoms with E-state index in [0.29, 0.717) is 0 Å². The Labute approximate surface area is 179 Å². The van der Waals surface area contributed by atoms with E-state index in [4.69, 9.17) is 4.99 Å². The Hall–Kier alpha value is -3.20. The van der Waals surface area contributed by atoms with Crippen LogP contribution in [0.25, 0.3) is 0 Å². The SMILES string of the molecule is C=C(\C(N=C(C)c1ccc(F)cc1)=C(C)/C=C\C=C/C)N1CCc2ccccc2C1. The number of fused-ring (bicyclic) bond motifs is 1. The van der Waals surface area contributed by atoms with E-state index in [2.05, 4.69) is 48.7 Å². The van der Waals surface area contributed by atoms with E-state index >= 15 is 0 Å². The van der Waals surface area contributed by atoms with E-state index in [1.807, 2.05) is 32.1 Å². The van der Waals surface area contributed by atoms with Crippen LogP contribution in [-0.4, -0.2) is 17.2 Å². The third-order valence-corrected chi connectivity index (χ3v) is 5.35. The number of benzene rings is 2. The van der Waals surface area contributed by atoms with E-state index < -0.39 is 0 Å². The van der Waals surface area contributed by atoms with Gasteiger partial charge in [-0.15, -0.1) is 0 Å². The van der Waals surface area contributed by atoms with Crippen LogP contribution in [0.5, 0.6) is 0 Å². The highest BCUT2D eigenvalue weighted by atomic mass is 19.1. The van der Waals surface area contributed by atoms with Gasteiger partial charge >= 0.3 is 0 Å². The van der Waals surface area contributed by atoms with Crippen molar-refractivity contribution in [2.75, 3.05) is 6.54 Å². The molecule has 0 amide bonds. The first kappa shape index (κ1) is 21.5. The standard InChI is InChI=1S/C27H29FN2/c1-5-6-7-10-20(2)27(29-21(3)23-13-15-26(28)16-14-23)22(4)30-18-17-24-11-8-9-12-25(24)19-30/h5-16H,4,17-19H2,1-3H3/b6-5-,10-7-,27-20+,29-21?. The number of hydrogen-bond donors (Lipinski definition) is 0. The molecule has 0 saturated heterocycles. The molecule has 0 radical (unpaired) electrons. The van der Waals surface area contributed by atoms with Gasteiger partial charge in [-0.05, 0) is 61.6 Å². The fourth-order valence-electron chi connectivity index (χ4n) is 3.57. The second kappa shape index (κ2) is 10.0. The van der Waals surface area contributed by atoms with Crippen LogP contribution in [0.1, 0.15) is 37.5 Å². The maximum atomic E-state index is 13.3. The molecular weight excluding hydrogens is 371 g/mol. The van der Waals surface area contributed by atoms with Gasteiger partial charge in [-0.25, -0.2) is 4.39 Å². The lowest BCUT2D eigenvalue weighted by atomic mass is 9.99. The first-order valence-electron chi connectivity index (χ1n) is 10.3. The number of aliphatic imine (C=N–C) groups is 1. The molecule has 0 unspecified atom stereocenters.